The van der Waals surface area contributed by atoms with Crippen molar-refractivity contribution in [2.24, 2.45) is 0 Å². The van der Waals surface area contributed by atoms with E-state index in [-0.39, 0.29) is 11.6 Å². The number of oxazole rings is 1. The standard InChI is InChI=1S/C19H14FN3O2S/c1-11-17(12(2)24)7-14(8-21)19(22-11)26-10-16-9-25-18(23-16)13-3-5-15(20)6-4-13/h3-7,9H,10H2,1-2H3. The average molecular weight is 367 g/mol. The van der Waals surface area contributed by atoms with E-state index < -0.39 is 0 Å². The molecule has 26 heavy (non-hydrogen) atoms. The number of rotatable bonds is 5. The minimum Gasteiger partial charge on any atom is -0.444 e. The molecule has 0 amide bonds. The molecule has 3 rings (SSSR count). The number of nitriles is 1. The Hall–Kier alpha value is -2.98. The monoisotopic (exact) mass is 367 g/mol. The molecule has 2 heterocycles. The molecule has 130 valence electrons. The minimum atomic E-state index is -0.324. The predicted octanol–water partition coefficient (Wildman–Crippen LogP) is 4.55. The lowest BCUT2D eigenvalue weighted by atomic mass is 10.1. The van der Waals surface area contributed by atoms with E-state index in [2.05, 4.69) is 16.0 Å². The number of thioether (sulfide) groups is 1. The fourth-order valence-electron chi connectivity index (χ4n) is 2.37. The lowest BCUT2D eigenvalue weighted by Crippen LogP contribution is -2.02. The van der Waals surface area contributed by atoms with Crippen molar-refractivity contribution in [2.75, 3.05) is 0 Å². The van der Waals surface area contributed by atoms with Crippen LogP contribution in [0.2, 0.25) is 0 Å². The van der Waals surface area contributed by atoms with Crippen LogP contribution in [0, 0.1) is 24.1 Å². The molecule has 3 aromatic rings. The Bertz CT molecular complexity index is 1010. The number of Topliss-reactive ketones (excluding diaryl/α,β-unsaturated/α-hetero) is 1. The molecule has 0 saturated heterocycles. The average Bonchev–Trinajstić information content (AvgIpc) is 3.09. The van der Waals surface area contributed by atoms with Crippen LogP contribution in [0.4, 0.5) is 4.39 Å². The molecule has 0 N–H and O–H groups in total. The van der Waals surface area contributed by atoms with E-state index in [1.54, 1.807) is 25.1 Å². The number of benzene rings is 1. The summed E-state index contributed by atoms with van der Waals surface area (Å²) in [7, 11) is 0. The summed E-state index contributed by atoms with van der Waals surface area (Å²) in [6.07, 6.45) is 1.52. The van der Waals surface area contributed by atoms with Gasteiger partial charge >= 0.3 is 0 Å². The van der Waals surface area contributed by atoms with E-state index in [0.717, 1.165) is 0 Å². The van der Waals surface area contributed by atoms with Gasteiger partial charge in [0.1, 0.15) is 23.2 Å². The number of halogens is 1. The van der Waals surface area contributed by atoms with Crippen molar-refractivity contribution in [3.8, 4) is 17.5 Å². The summed E-state index contributed by atoms with van der Waals surface area (Å²) in [6, 6.07) is 9.52. The molecule has 0 fully saturated rings. The van der Waals surface area contributed by atoms with Gasteiger partial charge in [0.2, 0.25) is 5.89 Å². The van der Waals surface area contributed by atoms with Crippen LogP contribution < -0.4 is 0 Å². The molecule has 0 aliphatic carbocycles. The van der Waals surface area contributed by atoms with Crippen molar-refractivity contribution in [1.82, 2.24) is 9.97 Å². The third-order valence-electron chi connectivity index (χ3n) is 3.68. The molecule has 0 saturated carbocycles. The molecule has 0 spiro atoms. The van der Waals surface area contributed by atoms with Gasteiger partial charge in [-0.2, -0.15) is 5.26 Å². The minimum absolute atomic E-state index is 0.122. The predicted molar refractivity (Wildman–Crippen MR) is 95.2 cm³/mol. The van der Waals surface area contributed by atoms with E-state index >= 15 is 0 Å². The van der Waals surface area contributed by atoms with Gasteiger partial charge in [0.05, 0.1) is 11.3 Å². The number of carbonyl (C=O) groups excluding carboxylic acids is 1. The van der Waals surface area contributed by atoms with E-state index in [9.17, 15) is 14.4 Å². The second-order valence-electron chi connectivity index (χ2n) is 5.58. The van der Waals surface area contributed by atoms with Crippen LogP contribution in [0.5, 0.6) is 0 Å². The maximum Gasteiger partial charge on any atom is 0.226 e. The van der Waals surface area contributed by atoms with E-state index in [1.165, 1.54) is 37.1 Å². The number of nitrogens with zero attached hydrogens (tertiary/aromatic N) is 3. The molecule has 1 aromatic carbocycles. The summed E-state index contributed by atoms with van der Waals surface area (Å²) in [5.74, 6) is 0.404. The smallest absolute Gasteiger partial charge is 0.226 e. The lowest BCUT2D eigenvalue weighted by Gasteiger charge is -2.06. The molecule has 0 unspecified atom stereocenters. The van der Waals surface area contributed by atoms with Crippen molar-refractivity contribution in [1.29, 1.82) is 5.26 Å². The van der Waals surface area contributed by atoms with Gasteiger partial charge in [-0.1, -0.05) is 11.8 Å². The Kier molecular flexibility index (Phi) is 5.14. The summed E-state index contributed by atoms with van der Waals surface area (Å²) < 4.78 is 18.4. The summed E-state index contributed by atoms with van der Waals surface area (Å²) >= 11 is 1.34. The first-order valence-corrected chi connectivity index (χ1v) is 8.72. The fraction of sp³-hybridized carbons (Fsp3) is 0.158. The van der Waals surface area contributed by atoms with E-state index in [4.69, 9.17) is 4.42 Å². The molecule has 0 aliphatic rings. The molecule has 2 aromatic heterocycles. The highest BCUT2D eigenvalue weighted by atomic mass is 32.2. The Morgan fingerprint density at radius 2 is 2.04 bits per heavy atom. The van der Waals surface area contributed by atoms with Crippen molar-refractivity contribution in [3.63, 3.8) is 0 Å². The van der Waals surface area contributed by atoms with Gasteiger partial charge in [-0.15, -0.1) is 0 Å². The van der Waals surface area contributed by atoms with Gasteiger partial charge in [-0.3, -0.25) is 4.79 Å². The number of aryl methyl sites for hydroxylation is 1. The van der Waals surface area contributed by atoms with Crippen LogP contribution in [0.15, 0.2) is 46.0 Å². The second kappa shape index (κ2) is 7.50. The number of ketones is 1. The van der Waals surface area contributed by atoms with Crippen LogP contribution in [-0.4, -0.2) is 15.8 Å². The van der Waals surface area contributed by atoms with E-state index in [1.807, 2.05) is 0 Å². The first-order chi connectivity index (χ1) is 12.5. The van der Waals surface area contributed by atoms with Crippen molar-refractivity contribution < 1.29 is 13.6 Å². The third kappa shape index (κ3) is 3.81. The summed E-state index contributed by atoms with van der Waals surface area (Å²) in [5, 5.41) is 9.85. The van der Waals surface area contributed by atoms with Gasteiger partial charge in [-0.05, 0) is 44.2 Å². The first-order valence-electron chi connectivity index (χ1n) is 7.73. The van der Waals surface area contributed by atoms with Crippen LogP contribution in [0.25, 0.3) is 11.5 Å². The molecule has 0 atom stereocenters. The molecule has 5 nitrogen and oxygen atoms in total. The van der Waals surface area contributed by atoms with Crippen molar-refractivity contribution in [3.05, 3.63) is 64.9 Å². The Morgan fingerprint density at radius 3 is 2.69 bits per heavy atom. The first kappa shape index (κ1) is 17.8. The van der Waals surface area contributed by atoms with Crippen LogP contribution >= 0.6 is 11.8 Å². The van der Waals surface area contributed by atoms with Gasteiger partial charge in [0, 0.05) is 22.6 Å². The number of carbonyl (C=O) groups is 1. The highest BCUT2D eigenvalue weighted by molar-refractivity contribution is 7.98. The van der Waals surface area contributed by atoms with Crippen molar-refractivity contribution >= 4 is 17.5 Å². The highest BCUT2D eigenvalue weighted by Crippen LogP contribution is 2.27. The summed E-state index contributed by atoms with van der Waals surface area (Å²) in [6.45, 7) is 3.19. The normalized spacial score (nSPS) is 10.5. The number of hydrogen-bond donors (Lipinski definition) is 0. The van der Waals surface area contributed by atoms with Gasteiger partial charge in [-0.25, -0.2) is 14.4 Å². The zero-order valence-electron chi connectivity index (χ0n) is 14.1. The zero-order chi connectivity index (χ0) is 18.7. The third-order valence-corrected chi connectivity index (χ3v) is 4.70. The van der Waals surface area contributed by atoms with Crippen molar-refractivity contribution in [2.45, 2.75) is 24.6 Å². The number of pyridine rings is 1. The second-order valence-corrected chi connectivity index (χ2v) is 6.55. The summed E-state index contributed by atoms with van der Waals surface area (Å²) in [5.41, 5.74) is 2.75. The quantitative estimate of drug-likeness (QED) is 0.486. The largest absolute Gasteiger partial charge is 0.444 e. The Labute approximate surface area is 153 Å². The molecular formula is C19H14FN3O2S. The SMILES string of the molecule is CC(=O)c1cc(C#N)c(SCc2coc(-c3ccc(F)cc3)n2)nc1C. The van der Waals surface area contributed by atoms with Gasteiger partial charge < -0.3 is 4.42 Å². The molecule has 7 heteroatoms. The van der Waals surface area contributed by atoms with Crippen LogP contribution in [0.3, 0.4) is 0 Å². The maximum absolute atomic E-state index is 13.0. The molecule has 0 radical (unpaired) electrons. The van der Waals surface area contributed by atoms with Crippen LogP contribution in [-0.2, 0) is 5.75 Å². The Balaban J connectivity index is 1.78. The topological polar surface area (TPSA) is 79.8 Å². The zero-order valence-corrected chi connectivity index (χ0v) is 14.9. The molecular weight excluding hydrogens is 353 g/mol. The maximum atomic E-state index is 13.0. The van der Waals surface area contributed by atoms with Gasteiger partial charge in [0.15, 0.2) is 5.78 Å². The van der Waals surface area contributed by atoms with E-state index in [0.29, 0.717) is 44.7 Å². The molecule has 0 bridgehead atoms. The fourth-order valence-corrected chi connectivity index (χ4v) is 3.25. The highest BCUT2D eigenvalue weighted by Gasteiger charge is 2.14. The molecule has 0 aliphatic heterocycles. The lowest BCUT2D eigenvalue weighted by molar-refractivity contribution is 0.101. The van der Waals surface area contributed by atoms with Crippen LogP contribution in [0.1, 0.15) is 34.2 Å². The number of aromatic nitrogens is 2. The van der Waals surface area contributed by atoms with Gasteiger partial charge in [0.25, 0.3) is 0 Å². The summed E-state index contributed by atoms with van der Waals surface area (Å²) in [4.78, 5) is 20.3. The Morgan fingerprint density at radius 1 is 1.31 bits per heavy atom. The number of hydrogen-bond acceptors (Lipinski definition) is 6.